The van der Waals surface area contributed by atoms with Crippen LogP contribution in [0.15, 0.2) is 54.6 Å². The molecule has 0 aliphatic heterocycles. The van der Waals surface area contributed by atoms with Crippen LogP contribution in [-0.2, 0) is 12.8 Å². The Balaban J connectivity index is 1.87. The van der Waals surface area contributed by atoms with Gasteiger partial charge in [0.15, 0.2) is 5.65 Å². The summed E-state index contributed by atoms with van der Waals surface area (Å²) in [5.74, 6) is 0. The van der Waals surface area contributed by atoms with Crippen LogP contribution in [-0.4, -0.2) is 14.8 Å². The van der Waals surface area contributed by atoms with Gasteiger partial charge in [0.1, 0.15) is 0 Å². The zero-order valence-electron chi connectivity index (χ0n) is 14.5. The van der Waals surface area contributed by atoms with Crippen molar-refractivity contribution in [3.63, 3.8) is 0 Å². The normalized spacial score (nSPS) is 13.3. The van der Waals surface area contributed by atoms with E-state index in [1.807, 2.05) is 22.9 Å². The lowest BCUT2D eigenvalue weighted by atomic mass is 9.96. The highest BCUT2D eigenvalue weighted by Crippen LogP contribution is 2.39. The molecular formula is C22H18IN3. The van der Waals surface area contributed by atoms with E-state index in [1.165, 1.54) is 37.8 Å². The molecule has 0 N–H and O–H groups in total. The van der Waals surface area contributed by atoms with E-state index in [9.17, 15) is 0 Å². The maximum Gasteiger partial charge on any atom is 0.164 e. The summed E-state index contributed by atoms with van der Waals surface area (Å²) in [5.41, 5.74) is 8.33. The van der Waals surface area contributed by atoms with Crippen LogP contribution in [0.1, 0.15) is 23.4 Å². The van der Waals surface area contributed by atoms with Crippen molar-refractivity contribution in [3.8, 4) is 16.8 Å². The van der Waals surface area contributed by atoms with Gasteiger partial charge in [-0.1, -0.05) is 30.3 Å². The molecule has 1 aliphatic carbocycles. The van der Waals surface area contributed by atoms with E-state index in [4.69, 9.17) is 10.1 Å². The minimum Gasteiger partial charge on any atom is -0.233 e. The van der Waals surface area contributed by atoms with Gasteiger partial charge in [-0.3, -0.25) is 0 Å². The molecule has 0 amide bonds. The molecule has 5 rings (SSSR count). The van der Waals surface area contributed by atoms with Gasteiger partial charge in [-0.2, -0.15) is 5.10 Å². The van der Waals surface area contributed by atoms with E-state index in [2.05, 4.69) is 65.9 Å². The quantitative estimate of drug-likeness (QED) is 0.378. The highest BCUT2D eigenvalue weighted by molar-refractivity contribution is 14.1. The molecule has 2 aromatic heterocycles. The molecule has 0 saturated carbocycles. The molecular weight excluding hydrogens is 433 g/mol. The Morgan fingerprint density at radius 2 is 1.73 bits per heavy atom. The first-order valence-corrected chi connectivity index (χ1v) is 10.0. The number of aryl methyl sites for hydroxylation is 2. The molecule has 3 nitrogen and oxygen atoms in total. The van der Waals surface area contributed by atoms with Crippen LogP contribution < -0.4 is 0 Å². The largest absolute Gasteiger partial charge is 0.233 e. The molecule has 128 valence electrons. The molecule has 26 heavy (non-hydrogen) atoms. The first kappa shape index (κ1) is 16.0. The third kappa shape index (κ3) is 2.47. The van der Waals surface area contributed by atoms with Gasteiger partial charge < -0.3 is 0 Å². The van der Waals surface area contributed by atoms with E-state index in [-0.39, 0.29) is 0 Å². The summed E-state index contributed by atoms with van der Waals surface area (Å²) < 4.78 is 3.25. The standard InChI is InChI=1S/C22H18IN3/c1-14-20-21(15-10-12-16(23)13-11-15)18-8-5-9-19(18)24-22(20)26(25-14)17-6-3-2-4-7-17/h2-4,6-7,10-13H,5,8-9H2,1H3. The number of pyridine rings is 1. The number of aromatic nitrogens is 3. The van der Waals surface area contributed by atoms with Gasteiger partial charge in [0.05, 0.1) is 16.8 Å². The molecule has 0 bridgehead atoms. The zero-order valence-corrected chi connectivity index (χ0v) is 16.7. The van der Waals surface area contributed by atoms with Crippen molar-refractivity contribution in [1.82, 2.24) is 14.8 Å². The van der Waals surface area contributed by atoms with E-state index in [1.54, 1.807) is 0 Å². The van der Waals surface area contributed by atoms with Gasteiger partial charge in [0.25, 0.3) is 0 Å². The van der Waals surface area contributed by atoms with Gasteiger partial charge in [0, 0.05) is 9.26 Å². The van der Waals surface area contributed by atoms with Crippen LogP contribution >= 0.6 is 22.6 Å². The molecule has 4 aromatic rings. The minimum absolute atomic E-state index is 0.975. The van der Waals surface area contributed by atoms with Crippen LogP contribution in [0, 0.1) is 10.5 Å². The van der Waals surface area contributed by atoms with Crippen LogP contribution in [0.2, 0.25) is 0 Å². The average molecular weight is 451 g/mol. The van der Waals surface area contributed by atoms with Gasteiger partial charge in [-0.15, -0.1) is 0 Å². The summed E-state index contributed by atoms with van der Waals surface area (Å²) in [7, 11) is 0. The van der Waals surface area contributed by atoms with E-state index >= 15 is 0 Å². The number of nitrogens with zero attached hydrogens (tertiary/aromatic N) is 3. The molecule has 4 heteroatoms. The number of para-hydroxylation sites is 1. The Hall–Kier alpha value is -2.21. The first-order valence-electron chi connectivity index (χ1n) is 8.95. The fraction of sp³-hybridized carbons (Fsp3) is 0.182. The number of rotatable bonds is 2. The van der Waals surface area contributed by atoms with E-state index < -0.39 is 0 Å². The fourth-order valence-corrected chi connectivity index (χ4v) is 4.35. The minimum atomic E-state index is 0.975. The van der Waals surface area contributed by atoms with Crippen molar-refractivity contribution in [2.75, 3.05) is 0 Å². The van der Waals surface area contributed by atoms with E-state index in [0.717, 1.165) is 29.9 Å². The SMILES string of the molecule is Cc1nn(-c2ccccc2)c2nc3c(c(-c4ccc(I)cc4)c12)CCC3. The topological polar surface area (TPSA) is 30.7 Å². The molecule has 2 heterocycles. The van der Waals surface area contributed by atoms with Crippen LogP contribution in [0.3, 0.4) is 0 Å². The molecule has 0 atom stereocenters. The van der Waals surface area contributed by atoms with Crippen LogP contribution in [0.4, 0.5) is 0 Å². The van der Waals surface area contributed by atoms with Crippen molar-refractivity contribution in [1.29, 1.82) is 0 Å². The Kier molecular flexibility index (Phi) is 3.81. The molecule has 2 aromatic carbocycles. The van der Waals surface area contributed by atoms with Gasteiger partial charge in [-0.25, -0.2) is 9.67 Å². The van der Waals surface area contributed by atoms with Crippen molar-refractivity contribution >= 4 is 33.6 Å². The summed E-state index contributed by atoms with van der Waals surface area (Å²) in [5, 5.41) is 6.05. The highest BCUT2D eigenvalue weighted by Gasteiger charge is 2.24. The third-order valence-corrected chi connectivity index (χ3v) is 5.87. The lowest BCUT2D eigenvalue weighted by molar-refractivity contribution is 0.866. The predicted molar refractivity (Wildman–Crippen MR) is 114 cm³/mol. The molecule has 1 aliphatic rings. The fourth-order valence-electron chi connectivity index (χ4n) is 3.99. The predicted octanol–water partition coefficient (Wildman–Crippen LogP) is 5.49. The van der Waals surface area contributed by atoms with Crippen molar-refractivity contribution in [2.45, 2.75) is 26.2 Å². The second-order valence-corrected chi connectivity index (χ2v) is 8.05. The molecule has 0 saturated heterocycles. The molecule has 0 spiro atoms. The highest BCUT2D eigenvalue weighted by atomic mass is 127. The zero-order chi connectivity index (χ0) is 17.7. The lowest BCUT2D eigenvalue weighted by Gasteiger charge is -2.12. The number of hydrogen-bond acceptors (Lipinski definition) is 2. The lowest BCUT2D eigenvalue weighted by Crippen LogP contribution is -2.00. The van der Waals surface area contributed by atoms with Crippen molar-refractivity contribution in [2.24, 2.45) is 0 Å². The smallest absolute Gasteiger partial charge is 0.164 e. The number of benzene rings is 2. The maximum absolute atomic E-state index is 5.06. The van der Waals surface area contributed by atoms with Crippen molar-refractivity contribution in [3.05, 3.63) is 75.1 Å². The van der Waals surface area contributed by atoms with Gasteiger partial charge in [-0.05, 0) is 89.7 Å². The summed E-state index contributed by atoms with van der Waals surface area (Å²) in [6.07, 6.45) is 3.35. The van der Waals surface area contributed by atoms with Crippen molar-refractivity contribution < 1.29 is 0 Å². The molecule has 0 unspecified atom stereocenters. The summed E-state index contributed by atoms with van der Waals surface area (Å²) >= 11 is 2.36. The van der Waals surface area contributed by atoms with E-state index in [0.29, 0.717) is 0 Å². The monoisotopic (exact) mass is 451 g/mol. The number of halogens is 1. The Labute approximate surface area is 166 Å². The maximum atomic E-state index is 5.06. The average Bonchev–Trinajstić information content (AvgIpc) is 3.26. The van der Waals surface area contributed by atoms with Crippen LogP contribution in [0.5, 0.6) is 0 Å². The first-order chi connectivity index (χ1) is 12.7. The van der Waals surface area contributed by atoms with Gasteiger partial charge >= 0.3 is 0 Å². The number of fused-ring (bicyclic) bond motifs is 2. The second kappa shape index (κ2) is 6.20. The third-order valence-electron chi connectivity index (χ3n) is 5.15. The summed E-state index contributed by atoms with van der Waals surface area (Å²) in [6, 6.07) is 19.1. The van der Waals surface area contributed by atoms with Crippen LogP contribution in [0.25, 0.3) is 27.8 Å². The molecule has 0 radical (unpaired) electrons. The Morgan fingerprint density at radius 3 is 2.50 bits per heavy atom. The van der Waals surface area contributed by atoms with Gasteiger partial charge in [0.2, 0.25) is 0 Å². The Morgan fingerprint density at radius 1 is 0.962 bits per heavy atom. The second-order valence-electron chi connectivity index (χ2n) is 6.80. The summed E-state index contributed by atoms with van der Waals surface area (Å²) in [6.45, 7) is 2.10. The summed E-state index contributed by atoms with van der Waals surface area (Å²) in [4.78, 5) is 5.06. The number of hydrogen-bond donors (Lipinski definition) is 0. The molecule has 0 fully saturated rings. The Bertz CT molecular complexity index is 1110.